The molecule has 0 aliphatic rings. The third-order valence-electron chi connectivity index (χ3n) is 4.59. The molecule has 150 valence electrons. The summed E-state index contributed by atoms with van der Waals surface area (Å²) in [4.78, 5) is 12.2. The summed E-state index contributed by atoms with van der Waals surface area (Å²) in [6.45, 7) is 4.42. The van der Waals surface area contributed by atoms with E-state index in [4.69, 9.17) is 27.9 Å². The molecule has 3 aromatic rings. The monoisotopic (exact) mass is 428 g/mol. The summed E-state index contributed by atoms with van der Waals surface area (Å²) in [5.41, 5.74) is 4.77. The quantitative estimate of drug-likeness (QED) is 0.468. The van der Waals surface area contributed by atoms with Gasteiger partial charge in [0.1, 0.15) is 5.75 Å². The van der Waals surface area contributed by atoms with Crippen molar-refractivity contribution in [3.05, 3.63) is 87.4 Å². The number of hydrogen-bond acceptors (Lipinski definition) is 3. The number of benzene rings is 3. The number of carbonyl (C=O) groups is 1. The summed E-state index contributed by atoms with van der Waals surface area (Å²) in [5.74, 6) is 0.225. The van der Waals surface area contributed by atoms with E-state index in [0.29, 0.717) is 22.3 Å². The van der Waals surface area contributed by atoms with E-state index in [-0.39, 0.29) is 12.5 Å². The summed E-state index contributed by atoms with van der Waals surface area (Å²) in [5, 5.41) is 7.24. The first-order valence-electron chi connectivity index (χ1n) is 9.19. The molecule has 4 nitrogen and oxygen atoms in total. The van der Waals surface area contributed by atoms with E-state index in [9.17, 15) is 4.79 Å². The lowest BCUT2D eigenvalue weighted by atomic mass is 10.1. The normalized spacial score (nSPS) is 10.5. The number of ether oxygens (including phenoxy) is 1. The third kappa shape index (κ3) is 5.66. The summed E-state index contributed by atoms with van der Waals surface area (Å²) >= 11 is 12.5. The predicted octanol–water partition coefficient (Wildman–Crippen LogP) is 6.24. The molecule has 0 aromatic heterocycles. The van der Waals surface area contributed by atoms with Crippen LogP contribution in [0.1, 0.15) is 16.7 Å². The highest BCUT2D eigenvalue weighted by molar-refractivity contribution is 6.33. The number of para-hydroxylation sites is 1. The van der Waals surface area contributed by atoms with Gasteiger partial charge >= 0.3 is 0 Å². The van der Waals surface area contributed by atoms with Crippen LogP contribution in [0, 0.1) is 13.8 Å². The molecule has 1 amide bonds. The molecule has 0 atom stereocenters. The second-order valence-corrected chi connectivity index (χ2v) is 7.50. The van der Waals surface area contributed by atoms with Crippen LogP contribution in [-0.4, -0.2) is 12.5 Å². The molecular formula is C23H22Cl2N2O2. The van der Waals surface area contributed by atoms with Crippen molar-refractivity contribution in [2.45, 2.75) is 20.4 Å². The average Bonchev–Trinajstić information content (AvgIpc) is 2.70. The minimum atomic E-state index is -0.237. The van der Waals surface area contributed by atoms with Gasteiger partial charge < -0.3 is 15.4 Å². The molecule has 0 aliphatic carbocycles. The van der Waals surface area contributed by atoms with E-state index >= 15 is 0 Å². The lowest BCUT2D eigenvalue weighted by molar-refractivity contribution is -0.118. The number of nitrogens with one attached hydrogen (secondary N) is 2. The Morgan fingerprint density at radius 3 is 2.45 bits per heavy atom. The molecule has 0 saturated heterocycles. The van der Waals surface area contributed by atoms with Gasteiger partial charge in [-0.2, -0.15) is 0 Å². The van der Waals surface area contributed by atoms with Gasteiger partial charge in [0, 0.05) is 12.2 Å². The first-order valence-corrected chi connectivity index (χ1v) is 9.95. The Labute approximate surface area is 180 Å². The lowest BCUT2D eigenvalue weighted by Crippen LogP contribution is -2.20. The smallest absolute Gasteiger partial charge is 0.262 e. The van der Waals surface area contributed by atoms with Crippen LogP contribution in [0.5, 0.6) is 5.75 Å². The van der Waals surface area contributed by atoms with Gasteiger partial charge in [0.05, 0.1) is 15.7 Å². The van der Waals surface area contributed by atoms with Crippen molar-refractivity contribution in [3.8, 4) is 5.75 Å². The number of rotatable bonds is 7. The second kappa shape index (κ2) is 9.68. The molecule has 0 heterocycles. The van der Waals surface area contributed by atoms with Crippen LogP contribution in [0.15, 0.2) is 60.7 Å². The summed E-state index contributed by atoms with van der Waals surface area (Å²) in [6.07, 6.45) is 0. The Hall–Kier alpha value is -2.69. The van der Waals surface area contributed by atoms with Gasteiger partial charge in [-0.3, -0.25) is 4.79 Å². The highest BCUT2D eigenvalue weighted by Crippen LogP contribution is 2.27. The van der Waals surface area contributed by atoms with Crippen molar-refractivity contribution < 1.29 is 9.53 Å². The van der Waals surface area contributed by atoms with Gasteiger partial charge in [-0.25, -0.2) is 0 Å². The molecule has 0 saturated carbocycles. The highest BCUT2D eigenvalue weighted by Gasteiger charge is 2.09. The van der Waals surface area contributed by atoms with Crippen LogP contribution in [0.25, 0.3) is 0 Å². The zero-order valence-corrected chi connectivity index (χ0v) is 17.8. The van der Waals surface area contributed by atoms with Crippen molar-refractivity contribution in [1.29, 1.82) is 0 Å². The van der Waals surface area contributed by atoms with Crippen molar-refractivity contribution in [3.63, 3.8) is 0 Å². The Kier molecular flexibility index (Phi) is 7.02. The molecule has 0 fully saturated rings. The van der Waals surface area contributed by atoms with Crippen molar-refractivity contribution in [2.24, 2.45) is 0 Å². The van der Waals surface area contributed by atoms with Gasteiger partial charge in [-0.05, 0) is 60.9 Å². The van der Waals surface area contributed by atoms with E-state index in [2.05, 4.69) is 10.6 Å². The van der Waals surface area contributed by atoms with Crippen molar-refractivity contribution in [1.82, 2.24) is 0 Å². The molecule has 3 rings (SSSR count). The topological polar surface area (TPSA) is 50.4 Å². The predicted molar refractivity (Wildman–Crippen MR) is 120 cm³/mol. The van der Waals surface area contributed by atoms with Gasteiger partial charge in [0.2, 0.25) is 0 Å². The maximum Gasteiger partial charge on any atom is 0.262 e. The fraction of sp³-hybridized carbons (Fsp3) is 0.174. The standard InChI is InChI=1S/C23H22Cl2N2O2/c1-15-6-5-9-20(16(15)2)27-23(28)14-29-22-11-10-17(12-19(22)25)13-26-21-8-4-3-7-18(21)24/h3-12,26H,13-14H2,1-2H3,(H,27,28). The van der Waals surface area contributed by atoms with Crippen LogP contribution in [0.2, 0.25) is 10.0 Å². The molecule has 0 aliphatic heterocycles. The first-order chi connectivity index (χ1) is 13.9. The van der Waals surface area contributed by atoms with Gasteiger partial charge in [-0.1, -0.05) is 53.5 Å². The Balaban J connectivity index is 1.55. The zero-order chi connectivity index (χ0) is 20.8. The van der Waals surface area contributed by atoms with Gasteiger partial charge in [0.25, 0.3) is 5.91 Å². The minimum absolute atomic E-state index is 0.121. The molecule has 3 aromatic carbocycles. The van der Waals surface area contributed by atoms with E-state index in [1.165, 1.54) is 0 Å². The number of carbonyl (C=O) groups excluding carboxylic acids is 1. The molecule has 6 heteroatoms. The molecule has 29 heavy (non-hydrogen) atoms. The second-order valence-electron chi connectivity index (χ2n) is 6.68. The molecule has 0 radical (unpaired) electrons. The van der Waals surface area contributed by atoms with Crippen LogP contribution in [0.3, 0.4) is 0 Å². The van der Waals surface area contributed by atoms with Crippen LogP contribution in [-0.2, 0) is 11.3 Å². The lowest BCUT2D eigenvalue weighted by Gasteiger charge is -2.13. The van der Waals surface area contributed by atoms with E-state index in [1.807, 2.05) is 68.4 Å². The molecular weight excluding hydrogens is 407 g/mol. The van der Waals surface area contributed by atoms with Gasteiger partial charge in [-0.15, -0.1) is 0 Å². The van der Waals surface area contributed by atoms with Crippen LogP contribution < -0.4 is 15.4 Å². The third-order valence-corrected chi connectivity index (χ3v) is 5.22. The largest absolute Gasteiger partial charge is 0.482 e. The number of halogens is 2. The van der Waals surface area contributed by atoms with Crippen LogP contribution >= 0.6 is 23.2 Å². The number of aryl methyl sites for hydroxylation is 1. The van der Waals surface area contributed by atoms with E-state index in [1.54, 1.807) is 6.07 Å². The average molecular weight is 429 g/mol. The van der Waals surface area contributed by atoms with E-state index < -0.39 is 0 Å². The Bertz CT molecular complexity index is 1020. The first kappa shape index (κ1) is 21.0. The molecule has 0 unspecified atom stereocenters. The number of anilines is 2. The maximum atomic E-state index is 12.2. The van der Waals surface area contributed by atoms with E-state index in [0.717, 1.165) is 28.1 Å². The number of amides is 1. The van der Waals surface area contributed by atoms with Crippen molar-refractivity contribution in [2.75, 3.05) is 17.2 Å². The van der Waals surface area contributed by atoms with Gasteiger partial charge in [0.15, 0.2) is 6.61 Å². The molecule has 2 N–H and O–H groups in total. The zero-order valence-electron chi connectivity index (χ0n) is 16.3. The van der Waals surface area contributed by atoms with Crippen LogP contribution in [0.4, 0.5) is 11.4 Å². The summed E-state index contributed by atoms with van der Waals surface area (Å²) in [6, 6.07) is 18.8. The molecule has 0 bridgehead atoms. The Morgan fingerprint density at radius 2 is 1.69 bits per heavy atom. The maximum absolute atomic E-state index is 12.2. The highest BCUT2D eigenvalue weighted by atomic mass is 35.5. The molecule has 0 spiro atoms. The number of hydrogen-bond donors (Lipinski definition) is 2. The SMILES string of the molecule is Cc1cccc(NC(=O)COc2ccc(CNc3ccccc3Cl)cc2Cl)c1C. The Morgan fingerprint density at radius 1 is 0.931 bits per heavy atom. The summed E-state index contributed by atoms with van der Waals surface area (Å²) < 4.78 is 5.59. The fourth-order valence-electron chi connectivity index (χ4n) is 2.79. The minimum Gasteiger partial charge on any atom is -0.482 e. The fourth-order valence-corrected chi connectivity index (χ4v) is 3.25. The van der Waals surface area contributed by atoms with Crippen molar-refractivity contribution >= 4 is 40.5 Å². The summed E-state index contributed by atoms with van der Waals surface area (Å²) in [7, 11) is 0.